The standard InChI is InChI=1S/C11H15ClN2OS/c1-15-7-6-13-11(16)14-8-9-4-2-3-5-10(9)12/h2-5H,6-8H2,1H3,(H2,13,14,16). The summed E-state index contributed by atoms with van der Waals surface area (Å²) < 4.78 is 4.90. The molecule has 0 aliphatic rings. The second-order valence-electron chi connectivity index (χ2n) is 3.19. The largest absolute Gasteiger partial charge is 0.383 e. The predicted octanol–water partition coefficient (Wildman–Crippen LogP) is 1.95. The van der Waals surface area contributed by atoms with Crippen LogP contribution in [-0.4, -0.2) is 25.4 Å². The number of hydrogen-bond donors (Lipinski definition) is 2. The van der Waals surface area contributed by atoms with Gasteiger partial charge in [0.15, 0.2) is 5.11 Å². The highest BCUT2D eigenvalue weighted by Crippen LogP contribution is 2.13. The molecule has 0 heterocycles. The van der Waals surface area contributed by atoms with Gasteiger partial charge < -0.3 is 15.4 Å². The van der Waals surface area contributed by atoms with E-state index in [1.165, 1.54) is 0 Å². The fraction of sp³-hybridized carbons (Fsp3) is 0.364. The molecular formula is C11H15ClN2OS. The molecule has 16 heavy (non-hydrogen) atoms. The maximum atomic E-state index is 6.01. The fourth-order valence-electron chi connectivity index (χ4n) is 1.15. The Morgan fingerprint density at radius 2 is 2.12 bits per heavy atom. The molecule has 1 rings (SSSR count). The summed E-state index contributed by atoms with van der Waals surface area (Å²) in [6.45, 7) is 1.96. The summed E-state index contributed by atoms with van der Waals surface area (Å²) in [6.07, 6.45) is 0. The van der Waals surface area contributed by atoms with Crippen molar-refractivity contribution in [3.05, 3.63) is 34.9 Å². The van der Waals surface area contributed by atoms with Crippen LogP contribution in [0.15, 0.2) is 24.3 Å². The SMILES string of the molecule is COCCNC(=S)NCc1ccccc1Cl. The summed E-state index contributed by atoms with van der Waals surface area (Å²) >= 11 is 11.1. The molecule has 0 fully saturated rings. The van der Waals surface area contributed by atoms with Gasteiger partial charge in [-0.2, -0.15) is 0 Å². The van der Waals surface area contributed by atoms with Gasteiger partial charge in [-0.25, -0.2) is 0 Å². The summed E-state index contributed by atoms with van der Waals surface area (Å²) in [5.41, 5.74) is 1.03. The number of hydrogen-bond acceptors (Lipinski definition) is 2. The summed E-state index contributed by atoms with van der Waals surface area (Å²) in [4.78, 5) is 0. The Morgan fingerprint density at radius 1 is 1.38 bits per heavy atom. The van der Waals surface area contributed by atoms with Gasteiger partial charge in [-0.15, -0.1) is 0 Å². The lowest BCUT2D eigenvalue weighted by molar-refractivity contribution is 0.204. The average molecular weight is 259 g/mol. The molecule has 0 spiro atoms. The minimum atomic E-state index is 0.608. The number of halogens is 1. The van der Waals surface area contributed by atoms with Gasteiger partial charge in [-0.05, 0) is 23.8 Å². The molecule has 5 heteroatoms. The topological polar surface area (TPSA) is 33.3 Å². The van der Waals surface area contributed by atoms with Crippen molar-refractivity contribution in [1.82, 2.24) is 10.6 Å². The van der Waals surface area contributed by atoms with Gasteiger partial charge >= 0.3 is 0 Å². The van der Waals surface area contributed by atoms with Crippen molar-refractivity contribution >= 4 is 28.9 Å². The van der Waals surface area contributed by atoms with Crippen LogP contribution in [0.1, 0.15) is 5.56 Å². The van der Waals surface area contributed by atoms with Crippen LogP contribution in [0.4, 0.5) is 0 Å². The highest BCUT2D eigenvalue weighted by atomic mass is 35.5. The third-order valence-corrected chi connectivity index (χ3v) is 2.65. The van der Waals surface area contributed by atoms with E-state index in [1.807, 2.05) is 24.3 Å². The first-order valence-electron chi connectivity index (χ1n) is 4.98. The molecule has 1 aromatic rings. The summed E-state index contributed by atoms with van der Waals surface area (Å²) in [6, 6.07) is 7.68. The first-order chi connectivity index (χ1) is 7.74. The van der Waals surface area contributed by atoms with Crippen LogP contribution in [0, 0.1) is 0 Å². The smallest absolute Gasteiger partial charge is 0.166 e. The zero-order valence-electron chi connectivity index (χ0n) is 9.13. The molecule has 0 aromatic heterocycles. The van der Waals surface area contributed by atoms with E-state index in [1.54, 1.807) is 7.11 Å². The van der Waals surface area contributed by atoms with Crippen LogP contribution in [-0.2, 0) is 11.3 Å². The minimum absolute atomic E-state index is 0.608. The number of methoxy groups -OCH3 is 1. The van der Waals surface area contributed by atoms with Crippen LogP contribution < -0.4 is 10.6 Å². The number of benzene rings is 1. The lowest BCUT2D eigenvalue weighted by atomic mass is 10.2. The fourth-order valence-corrected chi connectivity index (χ4v) is 1.52. The van der Waals surface area contributed by atoms with Crippen LogP contribution in [0.3, 0.4) is 0 Å². The van der Waals surface area contributed by atoms with Gasteiger partial charge in [0.2, 0.25) is 0 Å². The molecular weight excluding hydrogens is 244 g/mol. The molecule has 0 unspecified atom stereocenters. The first-order valence-corrected chi connectivity index (χ1v) is 5.76. The average Bonchev–Trinajstić information content (AvgIpc) is 2.28. The molecule has 1 aromatic carbocycles. The van der Waals surface area contributed by atoms with E-state index in [4.69, 9.17) is 28.6 Å². The molecule has 0 saturated carbocycles. The van der Waals surface area contributed by atoms with Crippen molar-refractivity contribution in [2.45, 2.75) is 6.54 Å². The zero-order valence-corrected chi connectivity index (χ0v) is 10.7. The zero-order chi connectivity index (χ0) is 11.8. The molecule has 88 valence electrons. The Kier molecular flexibility index (Phi) is 6.15. The molecule has 0 aliphatic heterocycles. The molecule has 0 aliphatic carbocycles. The third-order valence-electron chi connectivity index (χ3n) is 1.99. The van der Waals surface area contributed by atoms with Crippen LogP contribution in [0.25, 0.3) is 0 Å². The van der Waals surface area contributed by atoms with Crippen molar-refractivity contribution < 1.29 is 4.74 Å². The van der Waals surface area contributed by atoms with Crippen molar-refractivity contribution in [2.75, 3.05) is 20.3 Å². The monoisotopic (exact) mass is 258 g/mol. The van der Waals surface area contributed by atoms with Crippen LogP contribution in [0.2, 0.25) is 5.02 Å². The Bertz CT molecular complexity index is 347. The Balaban J connectivity index is 2.29. The minimum Gasteiger partial charge on any atom is -0.383 e. The lowest BCUT2D eigenvalue weighted by Crippen LogP contribution is -2.36. The summed E-state index contributed by atoms with van der Waals surface area (Å²) in [7, 11) is 1.65. The van der Waals surface area contributed by atoms with Gasteiger partial charge in [0, 0.05) is 25.2 Å². The number of ether oxygens (including phenoxy) is 1. The van der Waals surface area contributed by atoms with Gasteiger partial charge in [0.25, 0.3) is 0 Å². The third kappa shape index (κ3) is 4.79. The molecule has 2 N–H and O–H groups in total. The molecule has 3 nitrogen and oxygen atoms in total. The second-order valence-corrected chi connectivity index (χ2v) is 4.01. The van der Waals surface area contributed by atoms with E-state index in [-0.39, 0.29) is 0 Å². The predicted molar refractivity (Wildman–Crippen MR) is 70.8 cm³/mol. The summed E-state index contributed by atoms with van der Waals surface area (Å²) in [5.74, 6) is 0. The van der Waals surface area contributed by atoms with Crippen molar-refractivity contribution in [1.29, 1.82) is 0 Å². The second kappa shape index (κ2) is 7.44. The van der Waals surface area contributed by atoms with Crippen LogP contribution >= 0.6 is 23.8 Å². The van der Waals surface area contributed by atoms with Gasteiger partial charge in [-0.3, -0.25) is 0 Å². The Labute approximate surface area is 106 Å². The molecule has 0 saturated heterocycles. The van der Waals surface area contributed by atoms with E-state index in [0.29, 0.717) is 24.8 Å². The van der Waals surface area contributed by atoms with Gasteiger partial charge in [-0.1, -0.05) is 29.8 Å². The lowest BCUT2D eigenvalue weighted by Gasteiger charge is -2.10. The van der Waals surface area contributed by atoms with Crippen LogP contribution in [0.5, 0.6) is 0 Å². The maximum absolute atomic E-state index is 6.01. The van der Waals surface area contributed by atoms with Crippen molar-refractivity contribution in [3.63, 3.8) is 0 Å². The highest BCUT2D eigenvalue weighted by Gasteiger charge is 1.99. The molecule has 0 amide bonds. The van der Waals surface area contributed by atoms with E-state index < -0.39 is 0 Å². The van der Waals surface area contributed by atoms with Gasteiger partial charge in [0.1, 0.15) is 0 Å². The quantitative estimate of drug-likeness (QED) is 0.625. The van der Waals surface area contributed by atoms with E-state index in [0.717, 1.165) is 10.6 Å². The molecule has 0 atom stereocenters. The normalized spacial score (nSPS) is 9.88. The molecule has 0 bridgehead atoms. The van der Waals surface area contributed by atoms with E-state index in [9.17, 15) is 0 Å². The molecule has 0 radical (unpaired) electrons. The number of thiocarbonyl (C=S) groups is 1. The number of rotatable bonds is 5. The van der Waals surface area contributed by atoms with E-state index >= 15 is 0 Å². The highest BCUT2D eigenvalue weighted by molar-refractivity contribution is 7.80. The number of nitrogens with one attached hydrogen (secondary N) is 2. The Morgan fingerprint density at radius 3 is 2.81 bits per heavy atom. The first kappa shape index (κ1) is 13.2. The van der Waals surface area contributed by atoms with Gasteiger partial charge in [0.05, 0.1) is 6.61 Å². The van der Waals surface area contributed by atoms with Crippen molar-refractivity contribution in [2.24, 2.45) is 0 Å². The van der Waals surface area contributed by atoms with E-state index in [2.05, 4.69) is 10.6 Å². The maximum Gasteiger partial charge on any atom is 0.166 e. The Hall–Kier alpha value is -0.840. The summed E-state index contributed by atoms with van der Waals surface area (Å²) in [5, 5.41) is 7.46. The van der Waals surface area contributed by atoms with Crippen molar-refractivity contribution in [3.8, 4) is 0 Å².